The average molecular weight is 429 g/mol. The van der Waals surface area contributed by atoms with Crippen molar-refractivity contribution in [1.82, 2.24) is 24.9 Å². The molecule has 0 spiro atoms. The van der Waals surface area contributed by atoms with Crippen LogP contribution in [0.2, 0.25) is 0 Å². The van der Waals surface area contributed by atoms with Crippen LogP contribution in [0.3, 0.4) is 0 Å². The molecule has 10 heteroatoms. The second-order valence-electron chi connectivity index (χ2n) is 7.17. The number of aromatic nitrogens is 4. The van der Waals surface area contributed by atoms with Gasteiger partial charge in [-0.3, -0.25) is 4.79 Å². The van der Waals surface area contributed by atoms with Gasteiger partial charge in [0.2, 0.25) is 5.88 Å². The SMILES string of the molecule is CC1CCC(Oc2cc(OC(F)F)ccn2)CN1C(=O)c1ccccc1-n1nccn1. The van der Waals surface area contributed by atoms with Gasteiger partial charge in [-0.2, -0.15) is 23.8 Å². The van der Waals surface area contributed by atoms with Crippen LogP contribution >= 0.6 is 0 Å². The van der Waals surface area contributed by atoms with Gasteiger partial charge in [-0.05, 0) is 38.0 Å². The van der Waals surface area contributed by atoms with Crippen molar-refractivity contribution in [2.45, 2.75) is 38.5 Å². The molecule has 1 saturated heterocycles. The minimum absolute atomic E-state index is 0.00690. The molecule has 3 aromatic rings. The maximum Gasteiger partial charge on any atom is 0.387 e. The fourth-order valence-corrected chi connectivity index (χ4v) is 3.58. The van der Waals surface area contributed by atoms with Crippen LogP contribution in [0.4, 0.5) is 8.78 Å². The molecule has 2 atom stereocenters. The van der Waals surface area contributed by atoms with Crippen LogP contribution in [-0.4, -0.2) is 56.1 Å². The molecule has 162 valence electrons. The molecule has 0 bridgehead atoms. The molecule has 0 N–H and O–H groups in total. The molecule has 2 unspecified atom stereocenters. The third-order valence-corrected chi connectivity index (χ3v) is 5.09. The summed E-state index contributed by atoms with van der Waals surface area (Å²) in [6.45, 7) is -0.607. The number of rotatable bonds is 6. The van der Waals surface area contributed by atoms with E-state index in [-0.39, 0.29) is 29.7 Å². The van der Waals surface area contributed by atoms with Gasteiger partial charge >= 0.3 is 6.61 Å². The molecule has 3 heterocycles. The smallest absolute Gasteiger partial charge is 0.387 e. The number of likely N-dealkylation sites (tertiary alicyclic amines) is 1. The number of alkyl halides is 2. The Hall–Kier alpha value is -3.56. The summed E-state index contributed by atoms with van der Waals surface area (Å²) in [5.74, 6) is -0.0135. The molecule has 8 nitrogen and oxygen atoms in total. The van der Waals surface area contributed by atoms with Gasteiger partial charge in [-0.15, -0.1) is 0 Å². The van der Waals surface area contributed by atoms with E-state index in [1.165, 1.54) is 23.1 Å². The van der Waals surface area contributed by atoms with Crippen LogP contribution in [0.1, 0.15) is 30.1 Å². The summed E-state index contributed by atoms with van der Waals surface area (Å²) in [6, 6.07) is 9.79. The molecule has 0 radical (unpaired) electrons. The zero-order valence-corrected chi connectivity index (χ0v) is 16.8. The summed E-state index contributed by atoms with van der Waals surface area (Å²) in [4.78, 5) is 20.6. The first-order valence-electron chi connectivity index (χ1n) is 9.85. The fourth-order valence-electron chi connectivity index (χ4n) is 3.58. The number of hydrogen-bond donors (Lipinski definition) is 0. The number of pyridine rings is 1. The Morgan fingerprint density at radius 1 is 1.13 bits per heavy atom. The molecule has 0 saturated carbocycles. The average Bonchev–Trinajstić information content (AvgIpc) is 3.29. The Kier molecular flexibility index (Phi) is 6.06. The van der Waals surface area contributed by atoms with E-state index in [0.717, 1.165) is 6.42 Å². The van der Waals surface area contributed by atoms with E-state index in [1.807, 2.05) is 13.0 Å². The van der Waals surface area contributed by atoms with E-state index in [0.29, 0.717) is 24.2 Å². The Morgan fingerprint density at radius 3 is 2.68 bits per heavy atom. The lowest BCUT2D eigenvalue weighted by molar-refractivity contribution is -0.0501. The van der Waals surface area contributed by atoms with Crippen LogP contribution in [0, 0.1) is 0 Å². The first-order valence-corrected chi connectivity index (χ1v) is 9.85. The van der Waals surface area contributed by atoms with Crippen LogP contribution < -0.4 is 9.47 Å². The van der Waals surface area contributed by atoms with Gasteiger partial charge in [0.25, 0.3) is 5.91 Å². The second-order valence-corrected chi connectivity index (χ2v) is 7.17. The summed E-state index contributed by atoms with van der Waals surface area (Å²) in [5, 5.41) is 8.26. The summed E-state index contributed by atoms with van der Waals surface area (Å²) in [7, 11) is 0. The minimum atomic E-state index is -2.93. The van der Waals surface area contributed by atoms with Gasteiger partial charge in [-0.1, -0.05) is 12.1 Å². The molecule has 1 amide bonds. The van der Waals surface area contributed by atoms with E-state index in [9.17, 15) is 13.6 Å². The van der Waals surface area contributed by atoms with Crippen molar-refractivity contribution in [1.29, 1.82) is 0 Å². The predicted octanol–water partition coefficient (Wildman–Crippen LogP) is 3.34. The Balaban J connectivity index is 1.51. The molecular formula is C21H21F2N5O3. The number of benzene rings is 1. The monoisotopic (exact) mass is 429 g/mol. The highest BCUT2D eigenvalue weighted by Crippen LogP contribution is 2.26. The zero-order chi connectivity index (χ0) is 21.8. The molecule has 2 aromatic heterocycles. The Morgan fingerprint density at radius 2 is 1.90 bits per heavy atom. The van der Waals surface area contributed by atoms with Crippen molar-refractivity contribution >= 4 is 5.91 Å². The van der Waals surface area contributed by atoms with Crippen molar-refractivity contribution in [3.8, 4) is 17.3 Å². The number of hydrogen-bond acceptors (Lipinski definition) is 6. The number of piperidine rings is 1. The van der Waals surface area contributed by atoms with Crippen molar-refractivity contribution in [2.24, 2.45) is 0 Å². The Bertz CT molecular complexity index is 1030. The predicted molar refractivity (Wildman–Crippen MR) is 106 cm³/mol. The third-order valence-electron chi connectivity index (χ3n) is 5.09. The number of para-hydroxylation sites is 1. The van der Waals surface area contributed by atoms with Gasteiger partial charge in [0.05, 0.1) is 30.2 Å². The highest BCUT2D eigenvalue weighted by molar-refractivity contribution is 5.98. The number of carbonyl (C=O) groups excluding carboxylic acids is 1. The normalized spacial score (nSPS) is 18.8. The van der Waals surface area contributed by atoms with E-state index < -0.39 is 6.61 Å². The highest BCUT2D eigenvalue weighted by Gasteiger charge is 2.32. The van der Waals surface area contributed by atoms with Crippen molar-refractivity contribution in [2.75, 3.05) is 6.54 Å². The first-order chi connectivity index (χ1) is 15.0. The largest absolute Gasteiger partial charge is 0.472 e. The molecular weight excluding hydrogens is 408 g/mol. The second kappa shape index (κ2) is 9.07. The van der Waals surface area contributed by atoms with Crippen molar-refractivity contribution in [3.05, 3.63) is 60.6 Å². The maximum atomic E-state index is 13.4. The molecule has 31 heavy (non-hydrogen) atoms. The molecule has 1 aliphatic heterocycles. The van der Waals surface area contributed by atoms with E-state index >= 15 is 0 Å². The van der Waals surface area contributed by atoms with Gasteiger partial charge in [-0.25, -0.2) is 4.98 Å². The number of carbonyl (C=O) groups is 1. The molecule has 4 rings (SSSR count). The molecule has 1 aliphatic rings. The number of amides is 1. The van der Waals surface area contributed by atoms with Gasteiger partial charge in [0.15, 0.2) is 0 Å². The number of nitrogens with zero attached hydrogens (tertiary/aromatic N) is 5. The van der Waals surface area contributed by atoms with Gasteiger partial charge in [0.1, 0.15) is 11.9 Å². The lowest BCUT2D eigenvalue weighted by Gasteiger charge is -2.38. The first kappa shape index (κ1) is 20.7. The lowest BCUT2D eigenvalue weighted by Crippen LogP contribution is -2.49. The summed E-state index contributed by atoms with van der Waals surface area (Å²) in [6.07, 6.45) is 5.54. The summed E-state index contributed by atoms with van der Waals surface area (Å²) >= 11 is 0. The molecule has 0 aliphatic carbocycles. The standard InChI is InChI=1S/C21H21F2N5O3/c1-14-6-7-16(30-19-12-15(8-9-24-19)31-21(22)23)13-27(14)20(29)17-4-2-3-5-18(17)28-25-10-11-26-28/h2-5,8-12,14,16,21H,6-7,13H2,1H3. The van der Waals surface area contributed by atoms with Crippen molar-refractivity contribution in [3.63, 3.8) is 0 Å². The highest BCUT2D eigenvalue weighted by atomic mass is 19.3. The van der Waals surface area contributed by atoms with E-state index in [1.54, 1.807) is 35.5 Å². The minimum Gasteiger partial charge on any atom is -0.472 e. The lowest BCUT2D eigenvalue weighted by atomic mass is 9.99. The molecule has 1 aromatic carbocycles. The topological polar surface area (TPSA) is 82.4 Å². The van der Waals surface area contributed by atoms with Crippen molar-refractivity contribution < 1.29 is 23.0 Å². The summed E-state index contributed by atoms with van der Waals surface area (Å²) < 4.78 is 35.2. The fraction of sp³-hybridized carbons (Fsp3) is 0.333. The van der Waals surface area contributed by atoms with Gasteiger partial charge < -0.3 is 14.4 Å². The van der Waals surface area contributed by atoms with Crippen LogP contribution in [0.15, 0.2) is 55.0 Å². The van der Waals surface area contributed by atoms with Crippen LogP contribution in [0.5, 0.6) is 11.6 Å². The maximum absolute atomic E-state index is 13.4. The van der Waals surface area contributed by atoms with Gasteiger partial charge in [0, 0.05) is 18.3 Å². The third kappa shape index (κ3) is 4.79. The zero-order valence-electron chi connectivity index (χ0n) is 16.8. The quantitative estimate of drug-likeness (QED) is 0.598. The summed E-state index contributed by atoms with van der Waals surface area (Å²) in [5.41, 5.74) is 1.07. The van der Waals surface area contributed by atoms with E-state index in [2.05, 4.69) is 19.9 Å². The molecule has 1 fully saturated rings. The van der Waals surface area contributed by atoms with Crippen LogP contribution in [0.25, 0.3) is 5.69 Å². The van der Waals surface area contributed by atoms with Crippen LogP contribution in [-0.2, 0) is 0 Å². The van der Waals surface area contributed by atoms with E-state index in [4.69, 9.17) is 4.74 Å². The number of ether oxygens (including phenoxy) is 2. The Labute approximate surface area is 177 Å². The number of halogens is 2.